The molecule has 0 aromatic carbocycles. The molecule has 1 aromatic heterocycles. The fraction of sp³-hybridized carbons (Fsp3) is 0.455. The molecule has 0 unspecified atom stereocenters. The van der Waals surface area contributed by atoms with Crippen molar-refractivity contribution in [1.82, 2.24) is 4.98 Å². The molecule has 0 saturated carbocycles. The van der Waals surface area contributed by atoms with Crippen LogP contribution in [0.3, 0.4) is 0 Å². The second-order valence-electron chi connectivity index (χ2n) is 4.77. The highest BCUT2D eigenvalue weighted by atomic mass is 28.3. The molecule has 0 spiro atoms. The number of hydrogen-bond acceptors (Lipinski definition) is 3. The summed E-state index contributed by atoms with van der Waals surface area (Å²) < 4.78 is 2.42. The minimum absolute atomic E-state index is 0.113. The van der Waals surface area contributed by atoms with Gasteiger partial charge in [0.1, 0.15) is 5.69 Å². The summed E-state index contributed by atoms with van der Waals surface area (Å²) in [6.45, 7) is 5.75. The Hall–Kier alpha value is -1.36. The quantitative estimate of drug-likeness (QED) is 0.800. The predicted molar refractivity (Wildman–Crippen MR) is 65.4 cm³/mol. The normalized spacial score (nSPS) is 18.8. The first-order valence-corrected chi connectivity index (χ1v) is 8.63. The Morgan fingerprint density at radius 2 is 2.25 bits per heavy atom. The molecule has 0 amide bonds. The van der Waals surface area contributed by atoms with Crippen LogP contribution in [0.1, 0.15) is 16.9 Å². The van der Waals surface area contributed by atoms with E-state index in [9.17, 15) is 4.79 Å². The maximum atomic E-state index is 10.7. The Kier molecular flexibility index (Phi) is 2.71. The van der Waals surface area contributed by atoms with Crippen molar-refractivity contribution in [1.29, 1.82) is 0 Å². The van der Waals surface area contributed by atoms with Crippen molar-refractivity contribution in [2.45, 2.75) is 25.6 Å². The Labute approximate surface area is 96.0 Å². The van der Waals surface area contributed by atoms with Gasteiger partial charge >= 0.3 is 5.97 Å². The van der Waals surface area contributed by atoms with Gasteiger partial charge in [0.05, 0.1) is 6.20 Å². The minimum Gasteiger partial charge on any atom is -0.477 e. The Bertz CT molecular complexity index is 403. The van der Waals surface area contributed by atoms with E-state index in [-0.39, 0.29) is 5.69 Å². The molecule has 0 radical (unpaired) electrons. The number of nitrogens with zero attached hydrogens (tertiary/aromatic N) is 2. The van der Waals surface area contributed by atoms with E-state index in [4.69, 9.17) is 5.11 Å². The lowest BCUT2D eigenvalue weighted by molar-refractivity contribution is 0.0690. The standard InChI is InChI=1S/C11H16N2O2Si/c1-16(2)7-3-6-13(16)9-4-5-10(11(14)15)12-8-9/h4-5,8H,3,6-7H2,1-2H3,(H,14,15). The van der Waals surface area contributed by atoms with Crippen molar-refractivity contribution in [2.24, 2.45) is 0 Å². The van der Waals surface area contributed by atoms with Crippen LogP contribution in [-0.2, 0) is 0 Å². The Morgan fingerprint density at radius 1 is 1.50 bits per heavy atom. The first kappa shape index (κ1) is 11.1. The molecule has 0 atom stereocenters. The zero-order valence-electron chi connectivity index (χ0n) is 9.60. The lowest BCUT2D eigenvalue weighted by Gasteiger charge is -2.31. The van der Waals surface area contributed by atoms with E-state index in [0.717, 1.165) is 12.2 Å². The van der Waals surface area contributed by atoms with Crippen molar-refractivity contribution in [2.75, 3.05) is 11.1 Å². The van der Waals surface area contributed by atoms with Crippen molar-refractivity contribution < 1.29 is 9.90 Å². The fourth-order valence-corrected chi connectivity index (χ4v) is 5.15. The van der Waals surface area contributed by atoms with Crippen LogP contribution in [0.5, 0.6) is 0 Å². The molecular weight excluding hydrogens is 220 g/mol. The maximum Gasteiger partial charge on any atom is 0.354 e. The van der Waals surface area contributed by atoms with Crippen molar-refractivity contribution in [3.63, 3.8) is 0 Å². The molecule has 1 N–H and O–H groups in total. The van der Waals surface area contributed by atoms with Gasteiger partial charge in [-0.3, -0.25) is 0 Å². The largest absolute Gasteiger partial charge is 0.477 e. The number of carbonyl (C=O) groups is 1. The summed E-state index contributed by atoms with van der Waals surface area (Å²) >= 11 is 0. The number of anilines is 1. The van der Waals surface area contributed by atoms with E-state index < -0.39 is 14.2 Å². The van der Waals surface area contributed by atoms with Gasteiger partial charge < -0.3 is 9.67 Å². The summed E-state index contributed by atoms with van der Waals surface area (Å²) in [6, 6.07) is 4.75. The average Bonchev–Trinajstić information content (AvgIpc) is 2.58. The number of carboxylic acid groups (broad SMARTS) is 1. The lowest BCUT2D eigenvalue weighted by Crippen LogP contribution is -2.43. The molecule has 0 bridgehead atoms. The van der Waals surface area contributed by atoms with Gasteiger partial charge in [-0.25, -0.2) is 9.78 Å². The highest BCUT2D eigenvalue weighted by molar-refractivity contribution is 6.81. The lowest BCUT2D eigenvalue weighted by atomic mass is 10.3. The van der Waals surface area contributed by atoms with Crippen LogP contribution in [0.2, 0.25) is 19.1 Å². The third-order valence-electron chi connectivity index (χ3n) is 3.18. The van der Waals surface area contributed by atoms with Gasteiger partial charge in [0, 0.05) is 12.2 Å². The van der Waals surface area contributed by atoms with Crippen LogP contribution < -0.4 is 4.57 Å². The molecule has 86 valence electrons. The van der Waals surface area contributed by atoms with E-state index in [1.54, 1.807) is 12.3 Å². The number of aromatic nitrogens is 1. The number of pyridine rings is 1. The van der Waals surface area contributed by atoms with Crippen LogP contribution in [0, 0.1) is 0 Å². The molecule has 1 aromatic rings. The van der Waals surface area contributed by atoms with Gasteiger partial charge in [-0.2, -0.15) is 0 Å². The van der Waals surface area contributed by atoms with E-state index in [1.165, 1.54) is 12.5 Å². The van der Waals surface area contributed by atoms with Crippen molar-refractivity contribution >= 4 is 19.9 Å². The van der Waals surface area contributed by atoms with E-state index in [0.29, 0.717) is 0 Å². The number of aromatic carboxylic acids is 1. The Morgan fingerprint density at radius 3 is 2.69 bits per heavy atom. The summed E-state index contributed by atoms with van der Waals surface area (Å²) in [7, 11) is -1.31. The van der Waals surface area contributed by atoms with Gasteiger partial charge in [0.25, 0.3) is 0 Å². The molecule has 2 heterocycles. The average molecular weight is 236 g/mol. The number of carboxylic acids is 1. The van der Waals surface area contributed by atoms with Crippen LogP contribution in [-0.4, -0.2) is 30.8 Å². The van der Waals surface area contributed by atoms with Gasteiger partial charge in [0.2, 0.25) is 0 Å². The van der Waals surface area contributed by atoms with E-state index in [2.05, 4.69) is 22.6 Å². The molecule has 4 nitrogen and oxygen atoms in total. The molecule has 1 saturated heterocycles. The molecule has 1 aliphatic rings. The predicted octanol–water partition coefficient (Wildman–Crippen LogP) is 2.20. The molecule has 0 aliphatic carbocycles. The monoisotopic (exact) mass is 236 g/mol. The van der Waals surface area contributed by atoms with Gasteiger partial charge in [0.15, 0.2) is 8.24 Å². The van der Waals surface area contributed by atoms with Crippen LogP contribution in [0.4, 0.5) is 5.69 Å². The topological polar surface area (TPSA) is 53.4 Å². The first-order valence-electron chi connectivity index (χ1n) is 5.48. The summed E-state index contributed by atoms with van der Waals surface area (Å²) in [5.41, 5.74) is 1.18. The summed E-state index contributed by atoms with van der Waals surface area (Å²) in [4.78, 5) is 14.7. The maximum absolute atomic E-state index is 10.7. The summed E-state index contributed by atoms with van der Waals surface area (Å²) in [5.74, 6) is -0.968. The third-order valence-corrected chi connectivity index (χ3v) is 6.70. The summed E-state index contributed by atoms with van der Waals surface area (Å²) in [5, 5.41) is 8.78. The van der Waals surface area contributed by atoms with Crippen molar-refractivity contribution in [3.05, 3.63) is 24.0 Å². The van der Waals surface area contributed by atoms with E-state index >= 15 is 0 Å². The highest BCUT2D eigenvalue weighted by Crippen LogP contribution is 2.30. The third kappa shape index (κ3) is 1.95. The van der Waals surface area contributed by atoms with Gasteiger partial charge in [-0.1, -0.05) is 13.1 Å². The zero-order valence-corrected chi connectivity index (χ0v) is 10.6. The van der Waals surface area contributed by atoms with E-state index in [1.807, 2.05) is 6.07 Å². The van der Waals surface area contributed by atoms with Crippen LogP contribution >= 0.6 is 0 Å². The second-order valence-corrected chi connectivity index (χ2v) is 9.44. The van der Waals surface area contributed by atoms with Crippen LogP contribution in [0.15, 0.2) is 18.3 Å². The second kappa shape index (κ2) is 3.90. The zero-order chi connectivity index (χ0) is 11.8. The van der Waals surface area contributed by atoms with Crippen molar-refractivity contribution in [3.8, 4) is 0 Å². The molecule has 1 fully saturated rings. The molecule has 2 rings (SSSR count). The number of rotatable bonds is 2. The van der Waals surface area contributed by atoms with Gasteiger partial charge in [-0.15, -0.1) is 0 Å². The van der Waals surface area contributed by atoms with Crippen LogP contribution in [0.25, 0.3) is 0 Å². The Balaban J connectivity index is 2.25. The highest BCUT2D eigenvalue weighted by Gasteiger charge is 2.34. The minimum atomic E-state index is -1.31. The first-order chi connectivity index (χ1) is 7.50. The number of hydrogen-bond donors (Lipinski definition) is 1. The molecule has 1 aliphatic heterocycles. The fourth-order valence-electron chi connectivity index (χ4n) is 2.26. The molecule has 16 heavy (non-hydrogen) atoms. The SMILES string of the molecule is C[Si]1(C)CCCN1c1ccc(C(=O)O)nc1. The molecular formula is C11H16N2O2Si. The van der Waals surface area contributed by atoms with Gasteiger partial charge in [-0.05, 0) is 24.6 Å². The molecule has 5 heteroatoms. The smallest absolute Gasteiger partial charge is 0.354 e. The summed E-state index contributed by atoms with van der Waals surface area (Å²) in [6.07, 6.45) is 2.92.